The molecule has 0 bridgehead atoms. The molecule has 0 spiro atoms. The quantitative estimate of drug-likeness (QED) is 0.880. The lowest BCUT2D eigenvalue weighted by Crippen LogP contribution is -2.26. The Morgan fingerprint density at radius 1 is 1.35 bits per heavy atom. The summed E-state index contributed by atoms with van der Waals surface area (Å²) in [5, 5.41) is 10.1. The van der Waals surface area contributed by atoms with Crippen molar-refractivity contribution in [1.82, 2.24) is 4.98 Å². The number of rotatable bonds is 3. The minimum Gasteiger partial charge on any atom is -0.481 e. The summed E-state index contributed by atoms with van der Waals surface area (Å²) in [6, 6.07) is 9.83. The number of carboxylic acids is 1. The SMILES string of the molecule is CC(C)(Cc1cnc2ccccc2c1)C(=O)O. The van der Waals surface area contributed by atoms with Crippen LogP contribution < -0.4 is 0 Å². The van der Waals surface area contributed by atoms with E-state index in [4.69, 9.17) is 5.11 Å². The molecule has 2 rings (SSSR count). The molecule has 0 saturated carbocycles. The summed E-state index contributed by atoms with van der Waals surface area (Å²) in [6.07, 6.45) is 2.24. The van der Waals surface area contributed by atoms with Gasteiger partial charge in [-0.05, 0) is 38.0 Å². The van der Waals surface area contributed by atoms with Crippen molar-refractivity contribution < 1.29 is 9.90 Å². The summed E-state index contributed by atoms with van der Waals surface area (Å²) in [4.78, 5) is 15.4. The van der Waals surface area contributed by atoms with Crippen molar-refractivity contribution in [2.24, 2.45) is 5.41 Å². The van der Waals surface area contributed by atoms with Crippen LogP contribution in [0.2, 0.25) is 0 Å². The first-order valence-electron chi connectivity index (χ1n) is 5.56. The molecule has 3 heteroatoms. The number of fused-ring (bicyclic) bond motifs is 1. The van der Waals surface area contributed by atoms with E-state index in [2.05, 4.69) is 4.98 Å². The van der Waals surface area contributed by atoms with Crippen LogP contribution in [0.1, 0.15) is 19.4 Å². The average Bonchev–Trinajstić information content (AvgIpc) is 2.28. The van der Waals surface area contributed by atoms with Gasteiger partial charge in [-0.2, -0.15) is 0 Å². The Labute approximate surface area is 100 Å². The second-order valence-electron chi connectivity index (χ2n) is 4.90. The second kappa shape index (κ2) is 4.17. The molecule has 0 unspecified atom stereocenters. The van der Waals surface area contributed by atoms with Gasteiger partial charge in [0.1, 0.15) is 0 Å². The Bertz CT molecular complexity index is 561. The molecule has 0 aliphatic carbocycles. The Morgan fingerprint density at radius 2 is 2.06 bits per heavy atom. The zero-order chi connectivity index (χ0) is 12.5. The summed E-state index contributed by atoms with van der Waals surface area (Å²) in [5.74, 6) is -0.786. The molecule has 3 nitrogen and oxygen atoms in total. The van der Waals surface area contributed by atoms with Crippen LogP contribution in [0, 0.1) is 5.41 Å². The molecule has 2 aromatic rings. The van der Waals surface area contributed by atoms with Gasteiger partial charge in [0.2, 0.25) is 0 Å². The smallest absolute Gasteiger partial charge is 0.309 e. The Kier molecular flexibility index (Phi) is 2.84. The molecule has 0 fully saturated rings. The van der Waals surface area contributed by atoms with Crippen LogP contribution in [0.25, 0.3) is 10.9 Å². The van der Waals surface area contributed by atoms with Gasteiger partial charge in [-0.15, -0.1) is 0 Å². The lowest BCUT2D eigenvalue weighted by molar-refractivity contribution is -0.146. The predicted molar refractivity (Wildman–Crippen MR) is 66.9 cm³/mol. The fourth-order valence-corrected chi connectivity index (χ4v) is 1.80. The second-order valence-corrected chi connectivity index (χ2v) is 4.90. The number of aliphatic carboxylic acids is 1. The summed E-state index contributed by atoms with van der Waals surface area (Å²) >= 11 is 0. The van der Waals surface area contributed by atoms with Crippen molar-refractivity contribution in [3.8, 4) is 0 Å². The molecule has 17 heavy (non-hydrogen) atoms. The van der Waals surface area contributed by atoms with Gasteiger partial charge in [-0.3, -0.25) is 9.78 Å². The van der Waals surface area contributed by atoms with E-state index in [-0.39, 0.29) is 0 Å². The fourth-order valence-electron chi connectivity index (χ4n) is 1.80. The number of carbonyl (C=O) groups is 1. The number of pyridine rings is 1. The monoisotopic (exact) mass is 229 g/mol. The first-order chi connectivity index (χ1) is 7.99. The highest BCUT2D eigenvalue weighted by atomic mass is 16.4. The zero-order valence-electron chi connectivity index (χ0n) is 9.97. The van der Waals surface area contributed by atoms with E-state index in [0.717, 1.165) is 16.5 Å². The summed E-state index contributed by atoms with van der Waals surface area (Å²) in [7, 11) is 0. The molecule has 0 aliphatic rings. The molecule has 1 N–H and O–H groups in total. The van der Waals surface area contributed by atoms with Gasteiger partial charge in [0.25, 0.3) is 0 Å². The van der Waals surface area contributed by atoms with Crippen LogP contribution in [0.5, 0.6) is 0 Å². The molecule has 0 amide bonds. The summed E-state index contributed by atoms with van der Waals surface area (Å²) in [5.41, 5.74) is 1.13. The molecule has 88 valence electrons. The normalized spacial score (nSPS) is 11.6. The van der Waals surface area contributed by atoms with Gasteiger partial charge in [0, 0.05) is 11.6 Å². The Hall–Kier alpha value is -1.90. The average molecular weight is 229 g/mol. The van der Waals surface area contributed by atoms with E-state index in [1.165, 1.54) is 0 Å². The third kappa shape index (κ3) is 2.44. The molecule has 0 saturated heterocycles. The van der Waals surface area contributed by atoms with E-state index < -0.39 is 11.4 Å². The van der Waals surface area contributed by atoms with Crippen LogP contribution in [-0.2, 0) is 11.2 Å². The van der Waals surface area contributed by atoms with Crippen molar-refractivity contribution in [2.75, 3.05) is 0 Å². The lowest BCUT2D eigenvalue weighted by Gasteiger charge is -2.18. The van der Waals surface area contributed by atoms with Crippen LogP contribution in [0.3, 0.4) is 0 Å². The first-order valence-corrected chi connectivity index (χ1v) is 5.56. The van der Waals surface area contributed by atoms with Gasteiger partial charge < -0.3 is 5.11 Å². The molecule has 0 radical (unpaired) electrons. The van der Waals surface area contributed by atoms with Crippen molar-refractivity contribution >= 4 is 16.9 Å². The molecule has 1 aromatic carbocycles. The number of nitrogens with zero attached hydrogens (tertiary/aromatic N) is 1. The molecular weight excluding hydrogens is 214 g/mol. The highest BCUT2D eigenvalue weighted by Gasteiger charge is 2.27. The summed E-state index contributed by atoms with van der Waals surface area (Å²) < 4.78 is 0. The minimum atomic E-state index is -0.786. The third-order valence-electron chi connectivity index (χ3n) is 2.87. The molecular formula is C14H15NO2. The molecule has 0 atom stereocenters. The standard InChI is InChI=1S/C14H15NO2/c1-14(2,13(16)17)8-10-7-11-5-3-4-6-12(11)15-9-10/h3-7,9H,8H2,1-2H3,(H,16,17). The molecule has 1 heterocycles. The topological polar surface area (TPSA) is 50.2 Å². The van der Waals surface area contributed by atoms with E-state index in [1.807, 2.05) is 30.3 Å². The highest BCUT2D eigenvalue weighted by molar-refractivity contribution is 5.79. The van der Waals surface area contributed by atoms with Gasteiger partial charge in [-0.25, -0.2) is 0 Å². The van der Waals surface area contributed by atoms with Gasteiger partial charge in [0.05, 0.1) is 10.9 Å². The highest BCUT2D eigenvalue weighted by Crippen LogP contribution is 2.23. The largest absolute Gasteiger partial charge is 0.481 e. The lowest BCUT2D eigenvalue weighted by atomic mass is 9.86. The van der Waals surface area contributed by atoms with Crippen LogP contribution in [-0.4, -0.2) is 16.1 Å². The van der Waals surface area contributed by atoms with Gasteiger partial charge >= 0.3 is 5.97 Å². The fraction of sp³-hybridized carbons (Fsp3) is 0.286. The minimum absolute atomic E-state index is 0.486. The zero-order valence-corrected chi connectivity index (χ0v) is 9.97. The van der Waals surface area contributed by atoms with E-state index in [0.29, 0.717) is 6.42 Å². The first kappa shape index (κ1) is 11.6. The molecule has 0 aliphatic heterocycles. The number of benzene rings is 1. The number of carboxylic acid groups (broad SMARTS) is 1. The predicted octanol–water partition coefficient (Wildman–Crippen LogP) is 2.89. The van der Waals surface area contributed by atoms with E-state index in [1.54, 1.807) is 20.0 Å². The van der Waals surface area contributed by atoms with Gasteiger partial charge in [-0.1, -0.05) is 18.2 Å². The van der Waals surface area contributed by atoms with Crippen LogP contribution >= 0.6 is 0 Å². The Balaban J connectivity index is 2.34. The maximum absolute atomic E-state index is 11.1. The van der Waals surface area contributed by atoms with Gasteiger partial charge in [0.15, 0.2) is 0 Å². The maximum atomic E-state index is 11.1. The van der Waals surface area contributed by atoms with Crippen LogP contribution in [0.15, 0.2) is 36.5 Å². The van der Waals surface area contributed by atoms with E-state index in [9.17, 15) is 4.79 Å². The van der Waals surface area contributed by atoms with E-state index >= 15 is 0 Å². The Morgan fingerprint density at radius 3 is 2.76 bits per heavy atom. The number of aromatic nitrogens is 1. The number of hydrogen-bond acceptors (Lipinski definition) is 2. The van der Waals surface area contributed by atoms with Crippen molar-refractivity contribution in [2.45, 2.75) is 20.3 Å². The van der Waals surface area contributed by atoms with Crippen molar-refractivity contribution in [3.05, 3.63) is 42.1 Å². The maximum Gasteiger partial charge on any atom is 0.309 e. The summed E-state index contributed by atoms with van der Waals surface area (Å²) in [6.45, 7) is 3.45. The molecule has 1 aromatic heterocycles. The van der Waals surface area contributed by atoms with Crippen molar-refractivity contribution in [3.63, 3.8) is 0 Å². The number of para-hydroxylation sites is 1. The number of hydrogen-bond donors (Lipinski definition) is 1. The van der Waals surface area contributed by atoms with Crippen molar-refractivity contribution in [1.29, 1.82) is 0 Å². The van der Waals surface area contributed by atoms with Crippen LogP contribution in [0.4, 0.5) is 0 Å². The third-order valence-corrected chi connectivity index (χ3v) is 2.87.